The third-order valence-electron chi connectivity index (χ3n) is 3.53. The van der Waals surface area contributed by atoms with E-state index in [2.05, 4.69) is 71.5 Å². The molecule has 1 atom stereocenters. The van der Waals surface area contributed by atoms with Crippen LogP contribution in [0.4, 0.5) is 0 Å². The van der Waals surface area contributed by atoms with Gasteiger partial charge >= 0.3 is 0 Å². The largest absolute Gasteiger partial charge is 0.144 e. The standard InChI is InChI=1S/C14H26S2Si2/c1-10(15)14-12(11(2)17(3,4)5)9-13(16-14)18(6,7)8/h9,11,15H,1H2,2-8H3. The Kier molecular flexibility index (Phi) is 4.80. The SMILES string of the molecule is C=C(S)c1sc([Si](C)(C)C)cc1C(C)[Si](C)(C)C. The first-order valence-electron chi connectivity index (χ1n) is 6.47. The summed E-state index contributed by atoms with van der Waals surface area (Å²) in [5.41, 5.74) is 2.16. The van der Waals surface area contributed by atoms with Crippen LogP contribution in [-0.4, -0.2) is 16.1 Å². The average Bonchev–Trinajstić information content (AvgIpc) is 2.58. The first-order valence-corrected chi connectivity index (χ1v) is 14.8. The predicted molar refractivity (Wildman–Crippen MR) is 97.1 cm³/mol. The van der Waals surface area contributed by atoms with Gasteiger partial charge in [-0.05, 0) is 21.7 Å². The lowest BCUT2D eigenvalue weighted by molar-refractivity contribution is 1.02. The topological polar surface area (TPSA) is 0 Å². The summed E-state index contributed by atoms with van der Waals surface area (Å²) in [5.74, 6) is 0. The fourth-order valence-electron chi connectivity index (χ4n) is 1.79. The Labute approximate surface area is 124 Å². The van der Waals surface area contributed by atoms with E-state index in [1.807, 2.05) is 11.3 Å². The van der Waals surface area contributed by atoms with E-state index in [1.54, 1.807) is 4.50 Å². The lowest BCUT2D eigenvalue weighted by Gasteiger charge is -2.25. The molecule has 0 saturated carbocycles. The van der Waals surface area contributed by atoms with Crippen molar-refractivity contribution in [2.24, 2.45) is 0 Å². The van der Waals surface area contributed by atoms with Crippen molar-refractivity contribution in [2.45, 2.75) is 51.7 Å². The number of hydrogen-bond acceptors (Lipinski definition) is 2. The van der Waals surface area contributed by atoms with Crippen molar-refractivity contribution in [2.75, 3.05) is 0 Å². The van der Waals surface area contributed by atoms with Gasteiger partial charge in [0.05, 0.1) is 16.1 Å². The second-order valence-electron chi connectivity index (χ2n) is 7.18. The minimum absolute atomic E-state index is 0.665. The Bertz CT molecular complexity index is 447. The summed E-state index contributed by atoms with van der Waals surface area (Å²) in [7, 11) is -2.41. The molecule has 0 bridgehead atoms. The van der Waals surface area contributed by atoms with Crippen LogP contribution in [0.2, 0.25) is 39.3 Å². The van der Waals surface area contributed by atoms with Crippen LogP contribution in [0.3, 0.4) is 0 Å². The van der Waals surface area contributed by atoms with Crippen molar-refractivity contribution in [1.82, 2.24) is 0 Å². The molecule has 1 rings (SSSR count). The van der Waals surface area contributed by atoms with E-state index in [0.29, 0.717) is 5.54 Å². The number of rotatable bonds is 4. The zero-order valence-electron chi connectivity index (χ0n) is 12.7. The van der Waals surface area contributed by atoms with Gasteiger partial charge < -0.3 is 0 Å². The average molecular weight is 315 g/mol. The van der Waals surface area contributed by atoms with E-state index in [4.69, 9.17) is 0 Å². The summed E-state index contributed by atoms with van der Waals surface area (Å²) in [6, 6.07) is 2.45. The summed E-state index contributed by atoms with van der Waals surface area (Å²) in [6.07, 6.45) is 0. The highest BCUT2D eigenvalue weighted by Gasteiger charge is 2.30. The third kappa shape index (κ3) is 3.62. The van der Waals surface area contributed by atoms with Gasteiger partial charge in [-0.25, -0.2) is 0 Å². The van der Waals surface area contributed by atoms with Gasteiger partial charge in [0.15, 0.2) is 0 Å². The third-order valence-corrected chi connectivity index (χ3v) is 11.6. The minimum atomic E-state index is -1.24. The Morgan fingerprint density at radius 3 is 2.06 bits per heavy atom. The van der Waals surface area contributed by atoms with E-state index in [1.165, 1.54) is 10.4 Å². The highest BCUT2D eigenvalue weighted by Crippen LogP contribution is 2.36. The first kappa shape index (κ1) is 16.3. The lowest BCUT2D eigenvalue weighted by Crippen LogP contribution is -2.35. The first-order chi connectivity index (χ1) is 7.94. The minimum Gasteiger partial charge on any atom is -0.144 e. The van der Waals surface area contributed by atoms with Gasteiger partial charge in [-0.3, -0.25) is 0 Å². The molecular formula is C14H26S2Si2. The maximum absolute atomic E-state index is 4.50. The Balaban J connectivity index is 3.35. The molecule has 0 spiro atoms. The molecule has 1 heterocycles. The van der Waals surface area contributed by atoms with Crippen molar-refractivity contribution < 1.29 is 0 Å². The summed E-state index contributed by atoms with van der Waals surface area (Å²) in [4.78, 5) is 2.26. The molecule has 0 nitrogen and oxygen atoms in total. The zero-order chi connectivity index (χ0) is 14.3. The fraction of sp³-hybridized carbons (Fsp3) is 0.571. The summed E-state index contributed by atoms with van der Waals surface area (Å²) in [6.45, 7) is 21.0. The highest BCUT2D eigenvalue weighted by atomic mass is 32.1. The Morgan fingerprint density at radius 2 is 1.72 bits per heavy atom. The van der Waals surface area contributed by atoms with Crippen LogP contribution >= 0.6 is 24.0 Å². The summed E-state index contributed by atoms with van der Waals surface area (Å²) < 4.78 is 1.58. The van der Waals surface area contributed by atoms with Crippen LogP contribution in [0.1, 0.15) is 22.9 Å². The fourth-order valence-corrected chi connectivity index (χ4v) is 6.32. The normalized spacial score (nSPS) is 14.7. The smallest absolute Gasteiger partial charge is 0.0904 e. The molecule has 0 aromatic carbocycles. The van der Waals surface area contributed by atoms with Gasteiger partial charge in [0.25, 0.3) is 0 Å². The van der Waals surface area contributed by atoms with Gasteiger partial charge in [0.1, 0.15) is 0 Å². The van der Waals surface area contributed by atoms with Crippen LogP contribution in [0.15, 0.2) is 12.6 Å². The number of hydrogen-bond donors (Lipinski definition) is 1. The van der Waals surface area contributed by atoms with Crippen molar-refractivity contribution in [3.63, 3.8) is 0 Å². The lowest BCUT2D eigenvalue weighted by atomic mass is 10.2. The van der Waals surface area contributed by atoms with Gasteiger partial charge in [0.2, 0.25) is 0 Å². The molecule has 1 aromatic rings. The Morgan fingerprint density at radius 1 is 1.22 bits per heavy atom. The number of thiophene rings is 1. The maximum Gasteiger partial charge on any atom is 0.0904 e. The molecule has 0 aliphatic carbocycles. The van der Waals surface area contributed by atoms with E-state index in [0.717, 1.165) is 4.91 Å². The van der Waals surface area contributed by atoms with Crippen molar-refractivity contribution in [3.05, 3.63) is 23.1 Å². The molecule has 1 unspecified atom stereocenters. The molecule has 4 heteroatoms. The maximum atomic E-state index is 4.50. The molecule has 18 heavy (non-hydrogen) atoms. The van der Waals surface area contributed by atoms with Gasteiger partial charge in [-0.2, -0.15) is 0 Å². The van der Waals surface area contributed by atoms with Crippen molar-refractivity contribution in [1.29, 1.82) is 0 Å². The van der Waals surface area contributed by atoms with Crippen molar-refractivity contribution in [3.8, 4) is 0 Å². The van der Waals surface area contributed by atoms with Crippen LogP contribution in [-0.2, 0) is 0 Å². The Hall–Kier alpha value is 0.224. The second-order valence-corrected chi connectivity index (χ2v) is 19.8. The molecule has 1 aromatic heterocycles. The van der Waals surface area contributed by atoms with E-state index in [9.17, 15) is 0 Å². The van der Waals surface area contributed by atoms with E-state index < -0.39 is 16.1 Å². The summed E-state index contributed by atoms with van der Waals surface area (Å²) >= 11 is 6.43. The predicted octanol–water partition coefficient (Wildman–Crippen LogP) is 5.17. The molecular weight excluding hydrogens is 288 g/mol. The molecule has 0 radical (unpaired) electrons. The van der Waals surface area contributed by atoms with Crippen LogP contribution in [0.25, 0.3) is 4.91 Å². The van der Waals surface area contributed by atoms with Gasteiger partial charge in [0, 0.05) is 9.78 Å². The van der Waals surface area contributed by atoms with Gasteiger partial charge in [-0.1, -0.05) is 52.8 Å². The molecule has 102 valence electrons. The molecule has 0 fully saturated rings. The van der Waals surface area contributed by atoms with Gasteiger partial charge in [-0.15, -0.1) is 24.0 Å². The van der Waals surface area contributed by atoms with Crippen LogP contribution in [0, 0.1) is 0 Å². The molecule has 0 aliphatic rings. The van der Waals surface area contributed by atoms with E-state index >= 15 is 0 Å². The molecule has 0 N–H and O–H groups in total. The van der Waals surface area contributed by atoms with Crippen molar-refractivity contribution >= 4 is 49.5 Å². The molecule has 0 amide bonds. The zero-order valence-corrected chi connectivity index (χ0v) is 16.4. The summed E-state index contributed by atoms with van der Waals surface area (Å²) in [5, 5.41) is 0. The van der Waals surface area contributed by atoms with Crippen LogP contribution in [0.5, 0.6) is 0 Å². The highest BCUT2D eigenvalue weighted by molar-refractivity contribution is 7.90. The van der Waals surface area contributed by atoms with Crippen LogP contribution < -0.4 is 4.50 Å². The van der Waals surface area contributed by atoms with E-state index in [-0.39, 0.29) is 0 Å². The second kappa shape index (κ2) is 5.31. The quantitative estimate of drug-likeness (QED) is 0.575. The monoisotopic (exact) mass is 314 g/mol. The number of thiol groups is 1. The molecule has 0 saturated heterocycles. The molecule has 0 aliphatic heterocycles.